The number of aliphatic imine (C=N–C) groups is 1. The molecule has 0 spiro atoms. The molecular formula is C28H27F3N4O3. The van der Waals surface area contributed by atoms with Gasteiger partial charge < -0.3 is 14.7 Å². The highest BCUT2D eigenvalue weighted by Gasteiger charge is 2.30. The van der Waals surface area contributed by atoms with Crippen molar-refractivity contribution in [1.29, 1.82) is 5.26 Å². The number of benzene rings is 3. The van der Waals surface area contributed by atoms with Crippen LogP contribution in [0, 0.1) is 11.5 Å². The number of nitriles is 1. The van der Waals surface area contributed by atoms with Gasteiger partial charge >= 0.3 is 12.1 Å². The molecule has 38 heavy (non-hydrogen) atoms. The van der Waals surface area contributed by atoms with E-state index in [1.165, 1.54) is 19.2 Å². The number of halogens is 3. The van der Waals surface area contributed by atoms with Crippen molar-refractivity contribution in [3.63, 3.8) is 0 Å². The molecule has 0 aliphatic heterocycles. The SMILES string of the molecule is CCN(Cc1c(CC(=O)O)ccc(OC)c1-c1ccc(C(F)(F)F)cc1)C(=NCc1ccccc1)NC#N. The van der Waals surface area contributed by atoms with Crippen LogP contribution in [0.5, 0.6) is 5.75 Å². The third-order valence-electron chi connectivity index (χ3n) is 5.89. The molecule has 10 heteroatoms. The fourth-order valence-corrected chi connectivity index (χ4v) is 4.04. The average molecular weight is 525 g/mol. The number of guanidine groups is 1. The van der Waals surface area contributed by atoms with E-state index in [4.69, 9.17) is 4.74 Å². The number of carboxylic acids is 1. The Labute approximate surface area is 218 Å². The highest BCUT2D eigenvalue weighted by Crippen LogP contribution is 2.38. The summed E-state index contributed by atoms with van der Waals surface area (Å²) < 4.78 is 45.1. The molecule has 0 fully saturated rings. The van der Waals surface area contributed by atoms with Crippen molar-refractivity contribution in [2.75, 3.05) is 13.7 Å². The molecule has 0 aliphatic carbocycles. The van der Waals surface area contributed by atoms with Crippen LogP contribution in [0.3, 0.4) is 0 Å². The summed E-state index contributed by atoms with van der Waals surface area (Å²) in [5.41, 5.74) is 2.04. The average Bonchev–Trinajstić information content (AvgIpc) is 2.90. The number of nitrogens with one attached hydrogen (secondary N) is 1. The lowest BCUT2D eigenvalue weighted by Gasteiger charge is -2.27. The summed E-state index contributed by atoms with van der Waals surface area (Å²) in [5.74, 6) is -0.409. The van der Waals surface area contributed by atoms with Crippen LogP contribution >= 0.6 is 0 Å². The van der Waals surface area contributed by atoms with Gasteiger partial charge in [-0.3, -0.25) is 10.1 Å². The summed E-state index contributed by atoms with van der Waals surface area (Å²) in [5, 5.41) is 21.5. The zero-order valence-electron chi connectivity index (χ0n) is 20.9. The van der Waals surface area contributed by atoms with Gasteiger partial charge in [0.1, 0.15) is 5.75 Å². The summed E-state index contributed by atoms with van der Waals surface area (Å²) >= 11 is 0. The molecule has 3 aromatic rings. The number of rotatable bonds is 9. The lowest BCUT2D eigenvalue weighted by molar-refractivity contribution is -0.138. The second-order valence-corrected chi connectivity index (χ2v) is 8.30. The van der Waals surface area contributed by atoms with Gasteiger partial charge in [-0.2, -0.15) is 18.4 Å². The second-order valence-electron chi connectivity index (χ2n) is 8.30. The number of nitrogens with zero attached hydrogens (tertiary/aromatic N) is 3. The number of carboxylic acid groups (broad SMARTS) is 1. The molecule has 0 unspecified atom stereocenters. The fraction of sp³-hybridized carbons (Fsp3) is 0.250. The summed E-state index contributed by atoms with van der Waals surface area (Å²) in [6, 6.07) is 17.3. The molecular weight excluding hydrogens is 497 g/mol. The lowest BCUT2D eigenvalue weighted by Crippen LogP contribution is -2.39. The van der Waals surface area contributed by atoms with Gasteiger partial charge in [-0.25, -0.2) is 4.99 Å². The number of aliphatic carboxylic acids is 1. The van der Waals surface area contributed by atoms with E-state index in [9.17, 15) is 28.3 Å². The predicted octanol–water partition coefficient (Wildman–Crippen LogP) is 5.46. The van der Waals surface area contributed by atoms with Gasteiger partial charge in [0.25, 0.3) is 0 Å². The number of methoxy groups -OCH3 is 1. The molecule has 0 aliphatic rings. The van der Waals surface area contributed by atoms with Crippen LogP contribution in [0.4, 0.5) is 13.2 Å². The minimum atomic E-state index is -4.50. The molecule has 0 amide bonds. The van der Waals surface area contributed by atoms with Gasteiger partial charge in [0, 0.05) is 18.7 Å². The maximum absolute atomic E-state index is 13.2. The van der Waals surface area contributed by atoms with Crippen LogP contribution in [-0.2, 0) is 30.5 Å². The van der Waals surface area contributed by atoms with Crippen LogP contribution < -0.4 is 10.1 Å². The Morgan fingerprint density at radius 2 is 1.79 bits per heavy atom. The molecule has 0 radical (unpaired) electrons. The molecule has 3 rings (SSSR count). The number of hydrogen-bond acceptors (Lipinski definition) is 4. The molecule has 2 N–H and O–H groups in total. The quantitative estimate of drug-likeness (QED) is 0.167. The van der Waals surface area contributed by atoms with Crippen molar-refractivity contribution in [3.05, 3.63) is 89.0 Å². The van der Waals surface area contributed by atoms with Gasteiger partial charge in [-0.05, 0) is 47.4 Å². The monoisotopic (exact) mass is 524 g/mol. The minimum absolute atomic E-state index is 0.120. The largest absolute Gasteiger partial charge is 0.496 e. The van der Waals surface area contributed by atoms with Crippen LogP contribution in [0.15, 0.2) is 71.7 Å². The molecule has 0 atom stereocenters. The van der Waals surface area contributed by atoms with Gasteiger partial charge in [0.15, 0.2) is 6.19 Å². The zero-order valence-corrected chi connectivity index (χ0v) is 20.9. The Morgan fingerprint density at radius 1 is 1.11 bits per heavy atom. The van der Waals surface area contributed by atoms with E-state index in [-0.39, 0.29) is 18.9 Å². The van der Waals surface area contributed by atoms with Crippen molar-refractivity contribution >= 4 is 11.9 Å². The van der Waals surface area contributed by atoms with E-state index < -0.39 is 17.7 Å². The Kier molecular flexibility index (Phi) is 9.33. The summed E-state index contributed by atoms with van der Waals surface area (Å²) in [6.45, 7) is 2.67. The van der Waals surface area contributed by atoms with Crippen molar-refractivity contribution in [1.82, 2.24) is 10.2 Å². The predicted molar refractivity (Wildman–Crippen MR) is 137 cm³/mol. The molecule has 3 aromatic carbocycles. The molecule has 0 aromatic heterocycles. The third kappa shape index (κ3) is 7.03. The van der Waals surface area contributed by atoms with Crippen LogP contribution in [0.1, 0.15) is 29.2 Å². The van der Waals surface area contributed by atoms with E-state index in [0.717, 1.165) is 17.7 Å². The van der Waals surface area contributed by atoms with Crippen LogP contribution in [0.2, 0.25) is 0 Å². The van der Waals surface area contributed by atoms with Crippen molar-refractivity contribution in [2.45, 2.75) is 32.6 Å². The number of ether oxygens (including phenoxy) is 1. The van der Waals surface area contributed by atoms with E-state index in [1.54, 1.807) is 17.0 Å². The van der Waals surface area contributed by atoms with Gasteiger partial charge in [-0.15, -0.1) is 0 Å². The van der Waals surface area contributed by atoms with E-state index in [1.807, 2.05) is 43.4 Å². The summed E-state index contributed by atoms with van der Waals surface area (Å²) in [7, 11) is 1.44. The normalized spacial score (nSPS) is 11.5. The number of alkyl halides is 3. The molecule has 0 saturated carbocycles. The Balaban J connectivity index is 2.12. The zero-order chi connectivity index (χ0) is 27.7. The molecule has 0 bridgehead atoms. The first kappa shape index (κ1) is 28.1. The van der Waals surface area contributed by atoms with E-state index >= 15 is 0 Å². The van der Waals surface area contributed by atoms with Gasteiger partial charge in [0.05, 0.1) is 25.6 Å². The van der Waals surface area contributed by atoms with Crippen LogP contribution in [0.25, 0.3) is 11.1 Å². The van der Waals surface area contributed by atoms with E-state index in [2.05, 4.69) is 10.3 Å². The molecule has 0 saturated heterocycles. The smallest absolute Gasteiger partial charge is 0.416 e. The van der Waals surface area contributed by atoms with Crippen molar-refractivity contribution < 1.29 is 27.8 Å². The minimum Gasteiger partial charge on any atom is -0.496 e. The molecule has 7 nitrogen and oxygen atoms in total. The Hall–Kier alpha value is -4.52. The van der Waals surface area contributed by atoms with Crippen LogP contribution in [-0.4, -0.2) is 35.6 Å². The summed E-state index contributed by atoms with van der Waals surface area (Å²) in [4.78, 5) is 18.0. The Morgan fingerprint density at radius 3 is 2.34 bits per heavy atom. The van der Waals surface area contributed by atoms with Crippen molar-refractivity contribution in [2.24, 2.45) is 4.99 Å². The maximum atomic E-state index is 13.2. The standard InChI is InChI=1S/C28H27F3N4O3/c1-3-35(27(34-18-32)33-16-19-7-5-4-6-8-19)17-23-21(15-25(36)37)11-14-24(38-2)26(23)20-9-12-22(13-10-20)28(29,30)31/h4-14H,3,15-17H2,1-2H3,(H,33,34)(H,36,37). The highest BCUT2D eigenvalue weighted by molar-refractivity contribution is 5.83. The van der Waals surface area contributed by atoms with Gasteiger partial charge in [0.2, 0.25) is 5.96 Å². The Bertz CT molecular complexity index is 1320. The van der Waals surface area contributed by atoms with E-state index in [0.29, 0.717) is 41.1 Å². The first-order chi connectivity index (χ1) is 18.2. The first-order valence-corrected chi connectivity index (χ1v) is 11.7. The second kappa shape index (κ2) is 12.6. The third-order valence-corrected chi connectivity index (χ3v) is 5.89. The summed E-state index contributed by atoms with van der Waals surface area (Å²) in [6.07, 6.45) is -2.92. The lowest BCUT2D eigenvalue weighted by atomic mass is 9.92. The number of carbonyl (C=O) groups is 1. The maximum Gasteiger partial charge on any atom is 0.416 e. The fourth-order valence-electron chi connectivity index (χ4n) is 4.04. The van der Waals surface area contributed by atoms with Gasteiger partial charge in [-0.1, -0.05) is 48.5 Å². The molecule has 198 valence electrons. The highest BCUT2D eigenvalue weighted by atomic mass is 19.4. The van der Waals surface area contributed by atoms with Crippen molar-refractivity contribution in [3.8, 4) is 23.1 Å². The topological polar surface area (TPSA) is 98.0 Å². The first-order valence-electron chi connectivity index (χ1n) is 11.7. The molecule has 0 heterocycles. The number of hydrogen-bond donors (Lipinski definition) is 2.